The SMILES string of the molecule is CC(CC(O)c1ccc(F)cc1)NC(=O)c1[nH]ncc1[N+](=O)[O-]. The molecule has 1 aromatic heterocycles. The minimum Gasteiger partial charge on any atom is -0.388 e. The molecule has 23 heavy (non-hydrogen) atoms. The van der Waals surface area contributed by atoms with Gasteiger partial charge in [0.2, 0.25) is 5.69 Å². The number of aliphatic hydroxyl groups is 1. The zero-order valence-electron chi connectivity index (χ0n) is 12.2. The lowest BCUT2D eigenvalue weighted by molar-refractivity contribution is -0.385. The van der Waals surface area contributed by atoms with Crippen molar-refractivity contribution in [1.29, 1.82) is 0 Å². The molecule has 122 valence electrons. The number of nitrogens with one attached hydrogen (secondary N) is 2. The van der Waals surface area contributed by atoms with Crippen molar-refractivity contribution in [1.82, 2.24) is 15.5 Å². The van der Waals surface area contributed by atoms with Crippen LogP contribution in [0.15, 0.2) is 30.5 Å². The maximum absolute atomic E-state index is 12.8. The average molecular weight is 322 g/mol. The topological polar surface area (TPSA) is 121 Å². The van der Waals surface area contributed by atoms with Crippen LogP contribution in [0.25, 0.3) is 0 Å². The molecule has 0 aliphatic carbocycles. The van der Waals surface area contributed by atoms with Crippen LogP contribution in [-0.4, -0.2) is 32.2 Å². The fourth-order valence-electron chi connectivity index (χ4n) is 2.10. The van der Waals surface area contributed by atoms with Crippen LogP contribution >= 0.6 is 0 Å². The number of hydrogen-bond acceptors (Lipinski definition) is 5. The van der Waals surface area contributed by atoms with Crippen LogP contribution < -0.4 is 5.32 Å². The molecular formula is C14H15FN4O4. The number of carbonyl (C=O) groups is 1. The Labute approximate surface area is 130 Å². The van der Waals surface area contributed by atoms with E-state index < -0.39 is 34.5 Å². The second-order valence-electron chi connectivity index (χ2n) is 5.06. The summed E-state index contributed by atoms with van der Waals surface area (Å²) in [4.78, 5) is 22.0. The van der Waals surface area contributed by atoms with Gasteiger partial charge in [0, 0.05) is 6.04 Å². The Morgan fingerprint density at radius 1 is 1.48 bits per heavy atom. The number of rotatable bonds is 6. The van der Waals surface area contributed by atoms with Gasteiger partial charge < -0.3 is 10.4 Å². The van der Waals surface area contributed by atoms with Gasteiger partial charge in [-0.3, -0.25) is 20.0 Å². The van der Waals surface area contributed by atoms with E-state index >= 15 is 0 Å². The first kappa shape index (κ1) is 16.6. The van der Waals surface area contributed by atoms with Gasteiger partial charge in [-0.15, -0.1) is 0 Å². The maximum Gasteiger partial charge on any atom is 0.319 e. The predicted octanol–water partition coefficient (Wildman–Crippen LogP) is 1.70. The number of nitro groups is 1. The van der Waals surface area contributed by atoms with Crippen LogP contribution in [0, 0.1) is 15.9 Å². The van der Waals surface area contributed by atoms with Crippen molar-refractivity contribution in [2.75, 3.05) is 0 Å². The van der Waals surface area contributed by atoms with Crippen molar-refractivity contribution in [3.05, 3.63) is 57.7 Å². The van der Waals surface area contributed by atoms with E-state index in [1.165, 1.54) is 24.3 Å². The molecule has 0 radical (unpaired) electrons. The molecular weight excluding hydrogens is 307 g/mol. The third-order valence-electron chi connectivity index (χ3n) is 3.25. The summed E-state index contributed by atoms with van der Waals surface area (Å²) < 4.78 is 12.8. The Morgan fingerprint density at radius 2 is 2.13 bits per heavy atom. The summed E-state index contributed by atoms with van der Waals surface area (Å²) in [5.74, 6) is -1.10. The van der Waals surface area contributed by atoms with E-state index in [1.54, 1.807) is 6.92 Å². The van der Waals surface area contributed by atoms with E-state index in [-0.39, 0.29) is 12.1 Å². The Kier molecular flexibility index (Phi) is 5.02. The fourth-order valence-corrected chi connectivity index (χ4v) is 2.10. The number of aliphatic hydroxyl groups excluding tert-OH is 1. The Morgan fingerprint density at radius 3 is 2.74 bits per heavy atom. The van der Waals surface area contributed by atoms with Crippen LogP contribution in [0.1, 0.15) is 35.5 Å². The standard InChI is InChI=1S/C14H15FN4O4/c1-8(6-12(20)9-2-4-10(15)5-3-9)17-14(21)13-11(19(22)23)7-16-18-13/h2-5,7-8,12,20H,6H2,1H3,(H,16,18)(H,17,21). The molecule has 0 spiro atoms. The highest BCUT2D eigenvalue weighted by atomic mass is 19.1. The van der Waals surface area contributed by atoms with Crippen LogP contribution in [0.4, 0.5) is 10.1 Å². The highest BCUT2D eigenvalue weighted by Gasteiger charge is 2.24. The average Bonchev–Trinajstić information content (AvgIpc) is 2.97. The second kappa shape index (κ2) is 6.97. The van der Waals surface area contributed by atoms with Crippen molar-refractivity contribution in [2.24, 2.45) is 0 Å². The molecule has 1 aromatic carbocycles. The zero-order valence-corrected chi connectivity index (χ0v) is 12.2. The largest absolute Gasteiger partial charge is 0.388 e. The molecule has 0 bridgehead atoms. The molecule has 9 heteroatoms. The summed E-state index contributed by atoms with van der Waals surface area (Å²) in [7, 11) is 0. The van der Waals surface area contributed by atoms with Gasteiger partial charge in [0.25, 0.3) is 5.91 Å². The van der Waals surface area contributed by atoms with E-state index in [0.29, 0.717) is 5.56 Å². The number of H-pyrrole nitrogens is 1. The van der Waals surface area contributed by atoms with E-state index in [1.807, 2.05) is 0 Å². The monoisotopic (exact) mass is 322 g/mol. The Bertz CT molecular complexity index is 701. The lowest BCUT2D eigenvalue weighted by Crippen LogP contribution is -2.34. The third kappa shape index (κ3) is 4.10. The summed E-state index contributed by atoms with van der Waals surface area (Å²) in [5, 5.41) is 29.1. The third-order valence-corrected chi connectivity index (χ3v) is 3.25. The van der Waals surface area contributed by atoms with Gasteiger partial charge in [-0.1, -0.05) is 12.1 Å². The molecule has 0 aliphatic heterocycles. The molecule has 0 aliphatic rings. The quantitative estimate of drug-likeness (QED) is 0.552. The Balaban J connectivity index is 1.97. The molecule has 1 heterocycles. The number of hydrogen-bond donors (Lipinski definition) is 3. The highest BCUT2D eigenvalue weighted by molar-refractivity contribution is 5.96. The number of amides is 1. The summed E-state index contributed by atoms with van der Waals surface area (Å²) in [6.45, 7) is 1.65. The first-order valence-electron chi connectivity index (χ1n) is 6.80. The summed E-state index contributed by atoms with van der Waals surface area (Å²) in [6, 6.07) is 4.90. The molecule has 2 rings (SSSR count). The number of halogens is 1. The molecule has 2 atom stereocenters. The van der Waals surface area contributed by atoms with Crippen LogP contribution in [0.3, 0.4) is 0 Å². The van der Waals surface area contributed by atoms with Gasteiger partial charge in [0.05, 0.1) is 11.0 Å². The molecule has 1 amide bonds. The normalized spacial score (nSPS) is 13.3. The molecule has 0 fully saturated rings. The first-order chi connectivity index (χ1) is 10.9. The van der Waals surface area contributed by atoms with E-state index in [2.05, 4.69) is 15.5 Å². The van der Waals surface area contributed by atoms with E-state index in [9.17, 15) is 24.4 Å². The number of aromatic nitrogens is 2. The fraction of sp³-hybridized carbons (Fsp3) is 0.286. The van der Waals surface area contributed by atoms with Crippen molar-refractivity contribution < 1.29 is 19.2 Å². The highest BCUT2D eigenvalue weighted by Crippen LogP contribution is 2.19. The van der Waals surface area contributed by atoms with Crippen molar-refractivity contribution in [2.45, 2.75) is 25.5 Å². The molecule has 0 saturated carbocycles. The number of carbonyl (C=O) groups excluding carboxylic acids is 1. The van der Waals surface area contributed by atoms with Gasteiger partial charge in [-0.2, -0.15) is 5.10 Å². The minimum atomic E-state index is -0.900. The molecule has 8 nitrogen and oxygen atoms in total. The second-order valence-corrected chi connectivity index (χ2v) is 5.06. The molecule has 2 unspecified atom stereocenters. The number of aromatic amines is 1. The lowest BCUT2D eigenvalue weighted by Gasteiger charge is -2.17. The Hall–Kier alpha value is -2.81. The van der Waals surface area contributed by atoms with Gasteiger partial charge in [0.15, 0.2) is 0 Å². The maximum atomic E-state index is 12.8. The van der Waals surface area contributed by atoms with Crippen molar-refractivity contribution in [3.63, 3.8) is 0 Å². The molecule has 2 aromatic rings. The predicted molar refractivity (Wildman–Crippen MR) is 78.1 cm³/mol. The zero-order chi connectivity index (χ0) is 17.0. The minimum absolute atomic E-state index is 0.166. The summed E-state index contributed by atoms with van der Waals surface area (Å²) in [6.07, 6.45) is 0.217. The van der Waals surface area contributed by atoms with Crippen molar-refractivity contribution >= 4 is 11.6 Å². The van der Waals surface area contributed by atoms with E-state index in [0.717, 1.165) is 6.20 Å². The van der Waals surface area contributed by atoms with Crippen LogP contribution in [0.2, 0.25) is 0 Å². The number of benzene rings is 1. The molecule has 0 saturated heterocycles. The summed E-state index contributed by atoms with van der Waals surface area (Å²) >= 11 is 0. The van der Waals surface area contributed by atoms with E-state index in [4.69, 9.17) is 0 Å². The van der Waals surface area contributed by atoms with Crippen molar-refractivity contribution in [3.8, 4) is 0 Å². The lowest BCUT2D eigenvalue weighted by atomic mass is 10.0. The van der Waals surface area contributed by atoms with Gasteiger partial charge in [-0.05, 0) is 31.0 Å². The molecule has 3 N–H and O–H groups in total. The summed E-state index contributed by atoms with van der Waals surface area (Å²) in [5.41, 5.74) is -0.160. The van der Waals surface area contributed by atoms with Gasteiger partial charge in [0.1, 0.15) is 12.0 Å². The number of nitrogens with zero attached hydrogens (tertiary/aromatic N) is 2. The first-order valence-corrected chi connectivity index (χ1v) is 6.80. The van der Waals surface area contributed by atoms with Gasteiger partial charge in [-0.25, -0.2) is 4.39 Å². The van der Waals surface area contributed by atoms with Gasteiger partial charge >= 0.3 is 5.69 Å². The van der Waals surface area contributed by atoms with Crippen LogP contribution in [-0.2, 0) is 0 Å². The van der Waals surface area contributed by atoms with Crippen LogP contribution in [0.5, 0.6) is 0 Å². The smallest absolute Gasteiger partial charge is 0.319 e.